The van der Waals surface area contributed by atoms with Gasteiger partial charge in [-0.1, -0.05) is 37.6 Å². The van der Waals surface area contributed by atoms with E-state index in [0.29, 0.717) is 28.8 Å². The maximum Gasteiger partial charge on any atom is 0.243 e. The van der Waals surface area contributed by atoms with Crippen LogP contribution in [0, 0.1) is 5.92 Å². The van der Waals surface area contributed by atoms with Gasteiger partial charge in [-0.05, 0) is 35.7 Å². The van der Waals surface area contributed by atoms with Gasteiger partial charge in [0, 0.05) is 19.5 Å². The molecule has 0 aliphatic carbocycles. The van der Waals surface area contributed by atoms with Crippen molar-refractivity contribution in [3.63, 3.8) is 0 Å². The molecule has 2 N–H and O–H groups in total. The Labute approximate surface area is 170 Å². The first-order chi connectivity index (χ1) is 13.3. The normalized spacial score (nSPS) is 11.6. The summed E-state index contributed by atoms with van der Waals surface area (Å²) >= 11 is 6.18. The minimum absolute atomic E-state index is 0.00563. The van der Waals surface area contributed by atoms with Crippen LogP contribution in [-0.2, 0) is 16.1 Å². The molecule has 0 bridgehead atoms. The second kappa shape index (κ2) is 9.99. The third-order valence-electron chi connectivity index (χ3n) is 4.06. The SMILES string of the molecule is COc1ccc(Oc2ccc(CNC(=O)C(NC(C)=O)C(C)C)cc2)c(Cl)c1. The highest BCUT2D eigenvalue weighted by Crippen LogP contribution is 2.32. The van der Waals surface area contributed by atoms with Gasteiger partial charge in [-0.2, -0.15) is 0 Å². The smallest absolute Gasteiger partial charge is 0.243 e. The first-order valence-corrected chi connectivity index (χ1v) is 9.33. The van der Waals surface area contributed by atoms with Crippen molar-refractivity contribution < 1.29 is 19.1 Å². The summed E-state index contributed by atoms with van der Waals surface area (Å²) in [7, 11) is 1.57. The van der Waals surface area contributed by atoms with Crippen molar-refractivity contribution in [3.8, 4) is 17.2 Å². The van der Waals surface area contributed by atoms with Gasteiger partial charge in [0.05, 0.1) is 12.1 Å². The molecule has 0 heterocycles. The number of rotatable bonds is 8. The topological polar surface area (TPSA) is 76.7 Å². The van der Waals surface area contributed by atoms with Crippen molar-refractivity contribution in [2.24, 2.45) is 5.92 Å². The molecule has 2 amide bonds. The van der Waals surface area contributed by atoms with Crippen molar-refractivity contribution >= 4 is 23.4 Å². The van der Waals surface area contributed by atoms with Crippen molar-refractivity contribution in [2.45, 2.75) is 33.4 Å². The van der Waals surface area contributed by atoms with E-state index in [1.54, 1.807) is 37.4 Å². The van der Waals surface area contributed by atoms with E-state index in [0.717, 1.165) is 5.56 Å². The van der Waals surface area contributed by atoms with Gasteiger partial charge in [0.1, 0.15) is 23.3 Å². The Hall–Kier alpha value is -2.73. The van der Waals surface area contributed by atoms with Crippen LogP contribution >= 0.6 is 11.6 Å². The molecular formula is C21H25ClN2O4. The van der Waals surface area contributed by atoms with Gasteiger partial charge < -0.3 is 20.1 Å². The molecule has 2 aromatic carbocycles. The van der Waals surface area contributed by atoms with Crippen molar-refractivity contribution in [1.29, 1.82) is 0 Å². The Balaban J connectivity index is 1.95. The maximum atomic E-state index is 12.3. The van der Waals surface area contributed by atoms with Gasteiger partial charge in [-0.3, -0.25) is 9.59 Å². The van der Waals surface area contributed by atoms with Crippen LogP contribution in [0.1, 0.15) is 26.3 Å². The predicted molar refractivity (Wildman–Crippen MR) is 109 cm³/mol. The van der Waals surface area contributed by atoms with Gasteiger partial charge in [0.2, 0.25) is 11.8 Å². The number of nitrogens with one attached hydrogen (secondary N) is 2. The molecule has 0 radical (unpaired) electrons. The molecule has 150 valence electrons. The van der Waals surface area contributed by atoms with Crippen LogP contribution in [0.4, 0.5) is 0 Å². The Kier molecular flexibility index (Phi) is 7.70. The van der Waals surface area contributed by atoms with Gasteiger partial charge >= 0.3 is 0 Å². The van der Waals surface area contributed by atoms with Gasteiger partial charge in [0.25, 0.3) is 0 Å². The zero-order valence-electron chi connectivity index (χ0n) is 16.4. The van der Waals surface area contributed by atoms with Crippen molar-refractivity contribution in [3.05, 3.63) is 53.1 Å². The summed E-state index contributed by atoms with van der Waals surface area (Å²) in [4.78, 5) is 23.6. The predicted octanol–water partition coefficient (Wildman–Crippen LogP) is 3.92. The van der Waals surface area contributed by atoms with E-state index in [4.69, 9.17) is 21.1 Å². The van der Waals surface area contributed by atoms with Crippen LogP contribution < -0.4 is 20.1 Å². The molecule has 2 rings (SSSR count). The average molecular weight is 405 g/mol. The highest BCUT2D eigenvalue weighted by molar-refractivity contribution is 6.32. The number of methoxy groups -OCH3 is 1. The molecule has 0 fully saturated rings. The molecule has 0 aliphatic rings. The van der Waals surface area contributed by atoms with Gasteiger partial charge in [-0.15, -0.1) is 0 Å². The van der Waals surface area contributed by atoms with Gasteiger partial charge in [-0.25, -0.2) is 0 Å². The number of carbonyl (C=O) groups is 2. The fraction of sp³-hybridized carbons (Fsp3) is 0.333. The molecule has 0 saturated heterocycles. The zero-order chi connectivity index (χ0) is 20.7. The fourth-order valence-corrected chi connectivity index (χ4v) is 2.76. The molecule has 7 heteroatoms. The largest absolute Gasteiger partial charge is 0.497 e. The zero-order valence-corrected chi connectivity index (χ0v) is 17.2. The second-order valence-electron chi connectivity index (χ2n) is 6.68. The van der Waals surface area contributed by atoms with Crippen LogP contribution in [-0.4, -0.2) is 25.0 Å². The lowest BCUT2D eigenvalue weighted by Crippen LogP contribution is -2.48. The number of benzene rings is 2. The minimum Gasteiger partial charge on any atom is -0.497 e. The quantitative estimate of drug-likeness (QED) is 0.699. The van der Waals surface area contributed by atoms with E-state index in [-0.39, 0.29) is 17.7 Å². The van der Waals surface area contributed by atoms with E-state index >= 15 is 0 Å². The highest BCUT2D eigenvalue weighted by Gasteiger charge is 2.22. The molecule has 0 saturated carbocycles. The number of carbonyl (C=O) groups excluding carboxylic acids is 2. The maximum absolute atomic E-state index is 12.3. The van der Waals surface area contributed by atoms with Crippen LogP contribution in [0.2, 0.25) is 5.02 Å². The van der Waals surface area contributed by atoms with Crippen LogP contribution in [0.15, 0.2) is 42.5 Å². The van der Waals surface area contributed by atoms with Crippen LogP contribution in [0.3, 0.4) is 0 Å². The monoisotopic (exact) mass is 404 g/mol. The van der Waals surface area contributed by atoms with Crippen LogP contribution in [0.5, 0.6) is 17.2 Å². The number of amides is 2. The van der Waals surface area contributed by atoms with Crippen LogP contribution in [0.25, 0.3) is 0 Å². The first-order valence-electron chi connectivity index (χ1n) is 8.95. The molecular weight excluding hydrogens is 380 g/mol. The molecule has 28 heavy (non-hydrogen) atoms. The van der Waals surface area contributed by atoms with E-state index in [1.807, 2.05) is 26.0 Å². The summed E-state index contributed by atoms with van der Waals surface area (Å²) in [6, 6.07) is 11.9. The fourth-order valence-electron chi connectivity index (χ4n) is 2.55. The van der Waals surface area contributed by atoms with E-state index in [1.165, 1.54) is 6.92 Å². The first kappa shape index (κ1) is 21.6. The third kappa shape index (κ3) is 6.16. The van der Waals surface area contributed by atoms with Gasteiger partial charge in [0.15, 0.2) is 0 Å². The summed E-state index contributed by atoms with van der Waals surface area (Å²) in [5.74, 6) is 1.36. The van der Waals surface area contributed by atoms with E-state index in [9.17, 15) is 9.59 Å². The third-order valence-corrected chi connectivity index (χ3v) is 4.36. The molecule has 0 aromatic heterocycles. The van der Waals surface area contributed by atoms with Crippen molar-refractivity contribution in [1.82, 2.24) is 10.6 Å². The molecule has 0 spiro atoms. The number of ether oxygens (including phenoxy) is 2. The lowest BCUT2D eigenvalue weighted by atomic mass is 10.0. The molecule has 1 atom stereocenters. The number of halogens is 1. The Bertz CT molecular complexity index is 822. The Morgan fingerprint density at radius 1 is 1.07 bits per heavy atom. The summed E-state index contributed by atoms with van der Waals surface area (Å²) in [6.45, 7) is 5.52. The van der Waals surface area contributed by atoms with Crippen molar-refractivity contribution in [2.75, 3.05) is 7.11 Å². The lowest BCUT2D eigenvalue weighted by Gasteiger charge is -2.21. The molecule has 0 aliphatic heterocycles. The summed E-state index contributed by atoms with van der Waals surface area (Å²) < 4.78 is 10.9. The Morgan fingerprint density at radius 2 is 1.71 bits per heavy atom. The molecule has 2 aromatic rings. The minimum atomic E-state index is -0.558. The number of hydrogen-bond donors (Lipinski definition) is 2. The standard InChI is InChI=1S/C21H25ClN2O4/c1-13(2)20(24-14(3)25)21(26)23-12-15-5-7-16(8-6-15)28-19-10-9-17(27-4)11-18(19)22/h5-11,13,20H,12H2,1-4H3,(H,23,26)(H,24,25). The summed E-state index contributed by atoms with van der Waals surface area (Å²) in [5, 5.41) is 5.97. The average Bonchev–Trinajstić information content (AvgIpc) is 2.66. The van der Waals surface area contributed by atoms with E-state index in [2.05, 4.69) is 10.6 Å². The highest BCUT2D eigenvalue weighted by atomic mass is 35.5. The molecule has 6 nitrogen and oxygen atoms in total. The Morgan fingerprint density at radius 3 is 2.25 bits per heavy atom. The summed E-state index contributed by atoms with van der Waals surface area (Å²) in [6.07, 6.45) is 0. The number of hydrogen-bond acceptors (Lipinski definition) is 4. The van der Waals surface area contributed by atoms with E-state index < -0.39 is 6.04 Å². The molecule has 1 unspecified atom stereocenters. The second-order valence-corrected chi connectivity index (χ2v) is 7.09. The lowest BCUT2D eigenvalue weighted by molar-refractivity contribution is -0.129. The summed E-state index contributed by atoms with van der Waals surface area (Å²) in [5.41, 5.74) is 0.909.